The second-order valence-corrected chi connectivity index (χ2v) is 9.95. The number of nitrogens with zero attached hydrogens (tertiary/aromatic N) is 3. The second kappa shape index (κ2) is 15.2. The summed E-state index contributed by atoms with van der Waals surface area (Å²) >= 11 is 0. The monoisotopic (exact) mass is 521 g/mol. The molecule has 3 amide bonds. The first-order valence-corrected chi connectivity index (χ1v) is 14.0. The molecule has 1 saturated heterocycles. The summed E-state index contributed by atoms with van der Waals surface area (Å²) in [5.41, 5.74) is 1.73. The fourth-order valence-electron chi connectivity index (χ4n) is 5.10. The minimum atomic E-state index is -0.853. The number of carbonyl (C=O) groups excluding carboxylic acids is 3. The van der Waals surface area contributed by atoms with Crippen LogP contribution in [0.1, 0.15) is 69.4 Å². The lowest BCUT2D eigenvalue weighted by atomic mass is 9.89. The van der Waals surface area contributed by atoms with Gasteiger partial charge < -0.3 is 19.4 Å². The van der Waals surface area contributed by atoms with Gasteiger partial charge in [0.25, 0.3) is 0 Å². The van der Waals surface area contributed by atoms with Crippen LogP contribution in [0.25, 0.3) is 0 Å². The van der Waals surface area contributed by atoms with Gasteiger partial charge in [0.15, 0.2) is 0 Å². The third-order valence-corrected chi connectivity index (χ3v) is 7.25. The Morgan fingerprint density at radius 1 is 0.842 bits per heavy atom. The first-order valence-electron chi connectivity index (χ1n) is 14.0. The molecule has 0 bridgehead atoms. The van der Waals surface area contributed by atoms with Crippen molar-refractivity contribution in [3.8, 4) is 0 Å². The lowest BCUT2D eigenvalue weighted by Gasteiger charge is -2.42. The van der Waals surface area contributed by atoms with Crippen molar-refractivity contribution in [2.24, 2.45) is 0 Å². The number of esters is 1. The minimum absolute atomic E-state index is 0.0547. The summed E-state index contributed by atoms with van der Waals surface area (Å²) in [6.07, 6.45) is 6.25. The molecule has 0 aliphatic carbocycles. The number of piperazine rings is 1. The van der Waals surface area contributed by atoms with E-state index >= 15 is 0 Å². The number of amides is 3. The van der Waals surface area contributed by atoms with E-state index in [1.807, 2.05) is 65.6 Å². The summed E-state index contributed by atoms with van der Waals surface area (Å²) in [6.45, 7) is 6.51. The number of urea groups is 1. The molecular formula is C31H43N3O4. The van der Waals surface area contributed by atoms with Crippen LogP contribution in [-0.2, 0) is 14.3 Å². The topological polar surface area (TPSA) is 70.2 Å². The van der Waals surface area contributed by atoms with Gasteiger partial charge in [-0.3, -0.25) is 4.79 Å². The molecule has 38 heavy (non-hydrogen) atoms. The number of rotatable bonds is 12. The molecule has 1 atom stereocenters. The average Bonchev–Trinajstić information content (AvgIpc) is 2.96. The highest BCUT2D eigenvalue weighted by molar-refractivity contribution is 5.92. The van der Waals surface area contributed by atoms with Gasteiger partial charge in [0.2, 0.25) is 5.91 Å². The van der Waals surface area contributed by atoms with Gasteiger partial charge in [-0.1, -0.05) is 100 Å². The summed E-state index contributed by atoms with van der Waals surface area (Å²) in [7, 11) is 1.33. The Morgan fingerprint density at radius 2 is 1.37 bits per heavy atom. The maximum absolute atomic E-state index is 14.1. The molecule has 1 heterocycles. The van der Waals surface area contributed by atoms with Gasteiger partial charge >= 0.3 is 12.0 Å². The van der Waals surface area contributed by atoms with E-state index < -0.39 is 17.9 Å². The second-order valence-electron chi connectivity index (χ2n) is 9.95. The van der Waals surface area contributed by atoms with Crippen molar-refractivity contribution < 1.29 is 19.1 Å². The van der Waals surface area contributed by atoms with Crippen LogP contribution >= 0.6 is 0 Å². The molecule has 7 heteroatoms. The van der Waals surface area contributed by atoms with Crippen LogP contribution < -0.4 is 0 Å². The van der Waals surface area contributed by atoms with Crippen molar-refractivity contribution in [3.63, 3.8) is 0 Å². The normalized spacial score (nSPS) is 15.4. The number of ether oxygens (including phenoxy) is 1. The van der Waals surface area contributed by atoms with Crippen molar-refractivity contribution in [3.05, 3.63) is 71.8 Å². The molecule has 2 aromatic carbocycles. The van der Waals surface area contributed by atoms with Gasteiger partial charge in [0, 0.05) is 26.2 Å². The molecule has 1 aliphatic heterocycles. The standard InChI is InChI=1S/C31H43N3O4/c1-4-6-14-20-32(21-15-7-5-2)31(37)33-22-23-34(27(24-33)30(36)38-3)29(35)28(25-16-10-8-11-17-25)26-18-12-9-13-19-26/h8-13,16-19,27-28H,4-7,14-15,20-24H2,1-3H3/t27-/m0/s1. The van der Waals surface area contributed by atoms with Crippen molar-refractivity contribution in [2.75, 3.05) is 39.8 Å². The third-order valence-electron chi connectivity index (χ3n) is 7.25. The van der Waals surface area contributed by atoms with Gasteiger partial charge in [-0.2, -0.15) is 0 Å². The summed E-state index contributed by atoms with van der Waals surface area (Å²) in [4.78, 5) is 45.9. The molecule has 0 spiro atoms. The molecule has 3 rings (SSSR count). The first kappa shape index (κ1) is 29.2. The smallest absolute Gasteiger partial charge is 0.330 e. The van der Waals surface area contributed by atoms with Gasteiger partial charge in [0.05, 0.1) is 19.6 Å². The molecule has 2 aromatic rings. The molecule has 206 valence electrons. The molecule has 0 unspecified atom stereocenters. The van der Waals surface area contributed by atoms with Crippen LogP contribution in [0.2, 0.25) is 0 Å². The Morgan fingerprint density at radius 3 is 1.84 bits per heavy atom. The Bertz CT molecular complexity index is 965. The SMILES string of the molecule is CCCCCN(CCCCC)C(=O)N1CCN(C(=O)C(c2ccccc2)c2ccccc2)[C@H](C(=O)OC)C1. The molecule has 1 fully saturated rings. The van der Waals surface area contributed by atoms with Crippen LogP contribution in [0.4, 0.5) is 4.79 Å². The Labute approximate surface area is 227 Å². The summed E-state index contributed by atoms with van der Waals surface area (Å²) < 4.78 is 5.12. The number of hydrogen-bond donors (Lipinski definition) is 0. The number of benzene rings is 2. The molecule has 1 aliphatic rings. The lowest BCUT2D eigenvalue weighted by molar-refractivity contribution is -0.156. The Hall–Kier alpha value is -3.35. The zero-order valence-electron chi connectivity index (χ0n) is 23.2. The molecular weight excluding hydrogens is 478 g/mol. The van der Waals surface area contributed by atoms with Gasteiger partial charge in [0.1, 0.15) is 6.04 Å². The number of hydrogen-bond acceptors (Lipinski definition) is 4. The van der Waals surface area contributed by atoms with E-state index in [0.29, 0.717) is 19.6 Å². The van der Waals surface area contributed by atoms with Crippen molar-refractivity contribution in [2.45, 2.75) is 64.3 Å². The number of unbranched alkanes of at least 4 members (excludes halogenated alkanes) is 4. The minimum Gasteiger partial charge on any atom is -0.467 e. The van der Waals surface area contributed by atoms with Crippen molar-refractivity contribution in [1.29, 1.82) is 0 Å². The maximum Gasteiger partial charge on any atom is 0.330 e. The fourth-order valence-corrected chi connectivity index (χ4v) is 5.10. The fraction of sp³-hybridized carbons (Fsp3) is 0.516. The third kappa shape index (κ3) is 7.59. The maximum atomic E-state index is 14.1. The molecule has 0 N–H and O–H groups in total. The Kier molecular flexibility index (Phi) is 11.7. The Balaban J connectivity index is 1.83. The number of carbonyl (C=O) groups is 3. The quantitative estimate of drug-likeness (QED) is 0.281. The van der Waals surface area contributed by atoms with E-state index in [4.69, 9.17) is 4.74 Å². The molecule has 0 radical (unpaired) electrons. The zero-order valence-corrected chi connectivity index (χ0v) is 23.2. The average molecular weight is 522 g/mol. The predicted molar refractivity (Wildman–Crippen MR) is 150 cm³/mol. The first-order chi connectivity index (χ1) is 18.5. The number of methoxy groups -OCH3 is 1. The highest BCUT2D eigenvalue weighted by Gasteiger charge is 2.41. The largest absolute Gasteiger partial charge is 0.467 e. The molecule has 0 saturated carbocycles. The van der Waals surface area contributed by atoms with E-state index in [-0.39, 0.29) is 25.0 Å². The van der Waals surface area contributed by atoms with E-state index in [2.05, 4.69) is 13.8 Å². The van der Waals surface area contributed by atoms with Crippen LogP contribution in [0.3, 0.4) is 0 Å². The van der Waals surface area contributed by atoms with Crippen LogP contribution in [0, 0.1) is 0 Å². The lowest BCUT2D eigenvalue weighted by Crippen LogP contribution is -2.62. The summed E-state index contributed by atoms with van der Waals surface area (Å²) in [6, 6.07) is 18.3. The highest BCUT2D eigenvalue weighted by Crippen LogP contribution is 2.29. The van der Waals surface area contributed by atoms with Crippen LogP contribution in [-0.4, -0.2) is 78.5 Å². The van der Waals surface area contributed by atoms with Crippen molar-refractivity contribution >= 4 is 17.9 Å². The van der Waals surface area contributed by atoms with E-state index in [1.165, 1.54) is 7.11 Å². The van der Waals surface area contributed by atoms with Crippen LogP contribution in [0.5, 0.6) is 0 Å². The predicted octanol–water partition coefficient (Wildman–Crippen LogP) is 5.31. The van der Waals surface area contributed by atoms with E-state index in [1.54, 1.807) is 9.80 Å². The molecule has 7 nitrogen and oxygen atoms in total. The molecule has 0 aromatic heterocycles. The zero-order chi connectivity index (χ0) is 27.3. The van der Waals surface area contributed by atoms with Crippen LogP contribution in [0.15, 0.2) is 60.7 Å². The summed E-state index contributed by atoms with van der Waals surface area (Å²) in [5, 5.41) is 0. The van der Waals surface area contributed by atoms with Gasteiger partial charge in [-0.05, 0) is 24.0 Å². The van der Waals surface area contributed by atoms with Crippen molar-refractivity contribution in [1.82, 2.24) is 14.7 Å². The van der Waals surface area contributed by atoms with E-state index in [9.17, 15) is 14.4 Å². The highest BCUT2D eigenvalue weighted by atomic mass is 16.5. The van der Waals surface area contributed by atoms with E-state index in [0.717, 1.165) is 49.7 Å². The van der Waals surface area contributed by atoms with Gasteiger partial charge in [-0.15, -0.1) is 0 Å². The van der Waals surface area contributed by atoms with Gasteiger partial charge in [-0.25, -0.2) is 9.59 Å². The summed E-state index contributed by atoms with van der Waals surface area (Å²) in [5.74, 6) is -1.21.